The molecule has 17 heavy (non-hydrogen) atoms. The summed E-state index contributed by atoms with van der Waals surface area (Å²) in [6.07, 6.45) is 2.99. The van der Waals surface area contributed by atoms with Gasteiger partial charge in [-0.05, 0) is 0 Å². The Kier molecular flexibility index (Phi) is 3.75. The Labute approximate surface area is 104 Å². The first-order chi connectivity index (χ1) is 8.22. The quantitative estimate of drug-likeness (QED) is 0.720. The summed E-state index contributed by atoms with van der Waals surface area (Å²) in [5.74, 6) is 0.0938. The van der Waals surface area contributed by atoms with Crippen LogP contribution in [0.25, 0.3) is 0 Å². The molecule has 2 rings (SSSR count). The molecule has 0 bridgehead atoms. The van der Waals surface area contributed by atoms with Crippen molar-refractivity contribution in [1.29, 1.82) is 0 Å². The molecule has 0 amide bonds. The second kappa shape index (κ2) is 5.29. The maximum atomic E-state index is 11.6. The van der Waals surface area contributed by atoms with E-state index in [-0.39, 0.29) is 12.6 Å². The first-order valence-corrected chi connectivity index (χ1v) is 5.50. The number of carbonyl (C=O) groups excluding carboxylic acids is 1. The number of nitrogens with zero attached hydrogens (tertiary/aromatic N) is 3. The van der Waals surface area contributed by atoms with E-state index in [2.05, 4.69) is 9.97 Å². The van der Waals surface area contributed by atoms with Gasteiger partial charge in [0.05, 0.1) is 37.7 Å². The first-order valence-electron chi connectivity index (χ1n) is 5.12. The molecule has 1 atom stereocenters. The number of anilines is 1. The van der Waals surface area contributed by atoms with Gasteiger partial charge in [0.2, 0.25) is 5.95 Å². The van der Waals surface area contributed by atoms with Crippen molar-refractivity contribution in [3.63, 3.8) is 0 Å². The summed E-state index contributed by atoms with van der Waals surface area (Å²) in [5.41, 5.74) is 0. The second-order valence-electron chi connectivity index (χ2n) is 3.51. The van der Waals surface area contributed by atoms with Crippen LogP contribution in [0.4, 0.5) is 5.95 Å². The Hall–Kier alpha value is -1.40. The minimum atomic E-state index is -0.505. The minimum Gasteiger partial charge on any atom is -0.467 e. The van der Waals surface area contributed by atoms with Crippen molar-refractivity contribution in [2.45, 2.75) is 6.04 Å². The maximum Gasteiger partial charge on any atom is 0.331 e. The summed E-state index contributed by atoms with van der Waals surface area (Å²) in [4.78, 5) is 21.5. The number of aromatic nitrogens is 2. The second-order valence-corrected chi connectivity index (χ2v) is 3.94. The monoisotopic (exact) mass is 257 g/mol. The number of hydrogen-bond donors (Lipinski definition) is 0. The molecule has 6 nitrogen and oxygen atoms in total. The van der Waals surface area contributed by atoms with Crippen LogP contribution in [0.1, 0.15) is 0 Å². The normalized spacial score (nSPS) is 20.1. The Morgan fingerprint density at radius 1 is 1.59 bits per heavy atom. The minimum absolute atomic E-state index is 0.276. The van der Waals surface area contributed by atoms with E-state index in [0.29, 0.717) is 24.1 Å². The molecule has 1 fully saturated rings. The Bertz CT molecular complexity index is 398. The summed E-state index contributed by atoms with van der Waals surface area (Å²) in [6.45, 7) is 1.35. The molecule has 1 aliphatic rings. The highest BCUT2D eigenvalue weighted by Crippen LogP contribution is 2.16. The zero-order valence-corrected chi connectivity index (χ0v) is 10.1. The number of methoxy groups -OCH3 is 1. The zero-order chi connectivity index (χ0) is 12.3. The predicted molar refractivity (Wildman–Crippen MR) is 61.0 cm³/mol. The zero-order valence-electron chi connectivity index (χ0n) is 9.30. The van der Waals surface area contributed by atoms with Crippen LogP contribution in [0.2, 0.25) is 5.02 Å². The fraction of sp³-hybridized carbons (Fsp3) is 0.500. The molecule has 1 unspecified atom stereocenters. The number of morpholine rings is 1. The van der Waals surface area contributed by atoms with E-state index in [0.717, 1.165) is 0 Å². The summed E-state index contributed by atoms with van der Waals surface area (Å²) < 4.78 is 9.98. The van der Waals surface area contributed by atoms with Crippen LogP contribution in [-0.2, 0) is 14.3 Å². The Morgan fingerprint density at radius 3 is 2.94 bits per heavy atom. The highest BCUT2D eigenvalue weighted by molar-refractivity contribution is 6.30. The average Bonchev–Trinajstić information content (AvgIpc) is 2.39. The van der Waals surface area contributed by atoms with Crippen molar-refractivity contribution in [2.75, 3.05) is 31.8 Å². The van der Waals surface area contributed by atoms with Crippen molar-refractivity contribution < 1.29 is 14.3 Å². The molecular formula is C10H12ClN3O3. The predicted octanol–water partition coefficient (Wildman–Crippen LogP) is 0.508. The van der Waals surface area contributed by atoms with Crippen LogP contribution in [0, 0.1) is 0 Å². The molecule has 2 heterocycles. The van der Waals surface area contributed by atoms with Gasteiger partial charge in [-0.2, -0.15) is 0 Å². The molecule has 7 heteroatoms. The van der Waals surface area contributed by atoms with Crippen molar-refractivity contribution in [1.82, 2.24) is 9.97 Å². The topological polar surface area (TPSA) is 64.6 Å². The lowest BCUT2D eigenvalue weighted by molar-refractivity contribution is -0.144. The molecule has 1 aromatic heterocycles. The van der Waals surface area contributed by atoms with Gasteiger partial charge >= 0.3 is 5.97 Å². The third-order valence-electron chi connectivity index (χ3n) is 2.47. The molecule has 1 saturated heterocycles. The van der Waals surface area contributed by atoms with Crippen LogP contribution in [0.5, 0.6) is 0 Å². The van der Waals surface area contributed by atoms with Gasteiger partial charge in [0, 0.05) is 6.54 Å². The summed E-state index contributed by atoms with van der Waals surface area (Å²) >= 11 is 5.72. The molecular weight excluding hydrogens is 246 g/mol. The molecule has 0 saturated carbocycles. The van der Waals surface area contributed by atoms with E-state index in [1.54, 1.807) is 4.90 Å². The fourth-order valence-electron chi connectivity index (χ4n) is 1.63. The maximum absolute atomic E-state index is 11.6. The Morgan fingerprint density at radius 2 is 2.29 bits per heavy atom. The summed E-state index contributed by atoms with van der Waals surface area (Å²) in [6, 6.07) is -0.505. The van der Waals surface area contributed by atoms with Crippen LogP contribution >= 0.6 is 11.6 Å². The fourth-order valence-corrected chi connectivity index (χ4v) is 1.73. The van der Waals surface area contributed by atoms with Gasteiger partial charge in [0.15, 0.2) is 6.04 Å². The summed E-state index contributed by atoms with van der Waals surface area (Å²) in [5, 5.41) is 0.455. The number of carbonyl (C=O) groups is 1. The van der Waals surface area contributed by atoms with Crippen LogP contribution in [0.3, 0.4) is 0 Å². The highest BCUT2D eigenvalue weighted by atomic mass is 35.5. The lowest BCUT2D eigenvalue weighted by atomic mass is 10.2. The number of hydrogen-bond acceptors (Lipinski definition) is 6. The third kappa shape index (κ3) is 2.65. The van der Waals surface area contributed by atoms with Gasteiger partial charge in [0.25, 0.3) is 0 Å². The van der Waals surface area contributed by atoms with E-state index in [1.165, 1.54) is 19.5 Å². The lowest BCUT2D eigenvalue weighted by Crippen LogP contribution is -2.51. The SMILES string of the molecule is COC(=O)C1COCCN1c1ncc(Cl)cn1. The van der Waals surface area contributed by atoms with Crippen molar-refractivity contribution >= 4 is 23.5 Å². The Balaban J connectivity index is 2.21. The molecule has 92 valence electrons. The lowest BCUT2D eigenvalue weighted by Gasteiger charge is -2.33. The molecule has 0 spiro atoms. The van der Waals surface area contributed by atoms with Gasteiger partial charge in [-0.3, -0.25) is 0 Å². The van der Waals surface area contributed by atoms with E-state index >= 15 is 0 Å². The largest absolute Gasteiger partial charge is 0.467 e. The smallest absolute Gasteiger partial charge is 0.331 e. The van der Waals surface area contributed by atoms with Gasteiger partial charge in [0.1, 0.15) is 0 Å². The van der Waals surface area contributed by atoms with Crippen LogP contribution < -0.4 is 4.90 Å². The van der Waals surface area contributed by atoms with E-state index in [4.69, 9.17) is 21.1 Å². The standard InChI is InChI=1S/C10H12ClN3O3/c1-16-9(15)8-6-17-3-2-14(8)10-12-4-7(11)5-13-10/h4-5,8H,2-3,6H2,1H3. The van der Waals surface area contributed by atoms with Crippen molar-refractivity contribution in [2.24, 2.45) is 0 Å². The molecule has 0 radical (unpaired) electrons. The van der Waals surface area contributed by atoms with Crippen molar-refractivity contribution in [3.05, 3.63) is 17.4 Å². The highest BCUT2D eigenvalue weighted by Gasteiger charge is 2.31. The van der Waals surface area contributed by atoms with E-state index in [1.807, 2.05) is 0 Å². The van der Waals surface area contributed by atoms with Crippen LogP contribution in [0.15, 0.2) is 12.4 Å². The van der Waals surface area contributed by atoms with Gasteiger partial charge < -0.3 is 14.4 Å². The van der Waals surface area contributed by atoms with Gasteiger partial charge in [-0.1, -0.05) is 11.6 Å². The number of rotatable bonds is 2. The number of ether oxygens (including phenoxy) is 2. The molecule has 0 N–H and O–H groups in total. The number of esters is 1. The molecule has 0 aromatic carbocycles. The summed E-state index contributed by atoms with van der Waals surface area (Å²) in [7, 11) is 1.35. The van der Waals surface area contributed by atoms with E-state index < -0.39 is 6.04 Å². The number of halogens is 1. The van der Waals surface area contributed by atoms with Gasteiger partial charge in [-0.25, -0.2) is 14.8 Å². The van der Waals surface area contributed by atoms with Gasteiger partial charge in [-0.15, -0.1) is 0 Å². The molecule has 1 aromatic rings. The molecule has 1 aliphatic heterocycles. The van der Waals surface area contributed by atoms with Crippen molar-refractivity contribution in [3.8, 4) is 0 Å². The molecule has 0 aliphatic carbocycles. The van der Waals surface area contributed by atoms with Crippen LogP contribution in [-0.4, -0.2) is 48.8 Å². The average molecular weight is 258 g/mol. The first kappa shape index (κ1) is 12.1. The third-order valence-corrected chi connectivity index (χ3v) is 2.66. The van der Waals surface area contributed by atoms with E-state index in [9.17, 15) is 4.79 Å².